The second-order valence-electron chi connectivity index (χ2n) is 7.87. The minimum Gasteiger partial charge on any atom is -0.272 e. The Labute approximate surface area is 185 Å². The number of sulfonamides is 1. The third-order valence-electron chi connectivity index (χ3n) is 5.46. The third kappa shape index (κ3) is 7.29. The lowest BCUT2D eigenvalue weighted by atomic mass is 9.99. The van der Waals surface area contributed by atoms with E-state index in [1.807, 2.05) is 30.3 Å². The van der Waals surface area contributed by atoms with Crippen LogP contribution in [0.3, 0.4) is 0 Å². The third-order valence-corrected chi connectivity index (χ3v) is 7.32. The molecule has 0 atom stereocenters. The Bertz CT molecular complexity index is 950. The van der Waals surface area contributed by atoms with Gasteiger partial charge in [-0.15, -0.1) is 0 Å². The molecular weight excluding hydrogens is 410 g/mol. The first-order valence-corrected chi connectivity index (χ1v) is 12.4. The number of nitrogens with zero attached hydrogens (tertiary/aromatic N) is 2. The van der Waals surface area contributed by atoms with Gasteiger partial charge in [0, 0.05) is 12.3 Å². The quantitative estimate of drug-likeness (QED) is 0.626. The van der Waals surface area contributed by atoms with E-state index in [1.165, 1.54) is 23.6 Å². The average Bonchev–Trinajstić information content (AvgIpc) is 2.77. The maximum absolute atomic E-state index is 13.2. The number of rotatable bonds is 8. The van der Waals surface area contributed by atoms with E-state index >= 15 is 0 Å². The smallest absolute Gasteiger partial charge is 0.255 e. The van der Waals surface area contributed by atoms with Crippen LogP contribution in [-0.2, 0) is 21.2 Å². The number of amides is 1. The highest BCUT2D eigenvalue weighted by Crippen LogP contribution is 2.17. The number of carbonyl (C=O) groups is 1. The van der Waals surface area contributed by atoms with E-state index in [2.05, 4.69) is 10.5 Å². The molecule has 0 aliphatic heterocycles. The van der Waals surface area contributed by atoms with Gasteiger partial charge >= 0.3 is 0 Å². The van der Waals surface area contributed by atoms with Crippen molar-refractivity contribution in [3.05, 3.63) is 66.2 Å². The zero-order valence-corrected chi connectivity index (χ0v) is 18.7. The summed E-state index contributed by atoms with van der Waals surface area (Å²) >= 11 is 0. The molecule has 2 aromatic rings. The zero-order valence-electron chi connectivity index (χ0n) is 17.9. The summed E-state index contributed by atoms with van der Waals surface area (Å²) in [6.45, 7) is -0.0495. The molecule has 1 N–H and O–H groups in total. The fourth-order valence-electron chi connectivity index (χ4n) is 3.69. The average molecular weight is 442 g/mol. The first-order chi connectivity index (χ1) is 15.1. The maximum atomic E-state index is 13.2. The van der Waals surface area contributed by atoms with Crippen LogP contribution in [0.5, 0.6) is 0 Å². The van der Waals surface area contributed by atoms with Gasteiger partial charge in [-0.25, -0.2) is 13.8 Å². The fourth-order valence-corrected chi connectivity index (χ4v) is 5.10. The van der Waals surface area contributed by atoms with Crippen molar-refractivity contribution in [2.45, 2.75) is 56.3 Å². The Hall–Kier alpha value is -2.51. The summed E-state index contributed by atoms with van der Waals surface area (Å²) in [5, 5.41) is 4.31. The second-order valence-corrected chi connectivity index (χ2v) is 9.81. The van der Waals surface area contributed by atoms with Gasteiger partial charge in [-0.2, -0.15) is 9.41 Å². The van der Waals surface area contributed by atoms with Crippen molar-refractivity contribution in [3.8, 4) is 0 Å². The lowest BCUT2D eigenvalue weighted by Gasteiger charge is -2.21. The molecule has 3 rings (SSSR count). The van der Waals surface area contributed by atoms with Crippen LogP contribution in [0.2, 0.25) is 0 Å². The van der Waals surface area contributed by atoms with Crippen LogP contribution < -0.4 is 5.43 Å². The number of nitrogens with one attached hydrogen (secondary N) is 1. The fraction of sp³-hybridized carbons (Fsp3) is 0.417. The molecule has 166 valence electrons. The van der Waals surface area contributed by atoms with E-state index in [0.717, 1.165) is 37.0 Å². The summed E-state index contributed by atoms with van der Waals surface area (Å²) in [7, 11) is -3.80. The number of benzene rings is 2. The van der Waals surface area contributed by atoms with Crippen molar-refractivity contribution in [2.75, 3.05) is 13.1 Å². The van der Waals surface area contributed by atoms with Crippen molar-refractivity contribution >= 4 is 21.6 Å². The molecule has 31 heavy (non-hydrogen) atoms. The summed E-state index contributed by atoms with van der Waals surface area (Å²) in [6, 6.07) is 17.9. The number of carbonyl (C=O) groups excluding carboxylic acids is 1. The molecule has 0 heterocycles. The monoisotopic (exact) mass is 441 g/mol. The van der Waals surface area contributed by atoms with Gasteiger partial charge in [0.05, 0.1) is 11.4 Å². The molecule has 1 aliphatic carbocycles. The molecule has 0 spiro atoms. The van der Waals surface area contributed by atoms with Gasteiger partial charge in [-0.3, -0.25) is 4.79 Å². The molecule has 0 unspecified atom stereocenters. The van der Waals surface area contributed by atoms with Crippen LogP contribution in [-0.4, -0.2) is 37.4 Å². The molecule has 0 saturated heterocycles. The van der Waals surface area contributed by atoms with E-state index < -0.39 is 15.9 Å². The minimum absolute atomic E-state index is 0.183. The van der Waals surface area contributed by atoms with Crippen molar-refractivity contribution in [1.82, 2.24) is 9.73 Å². The number of hydrogen-bond acceptors (Lipinski definition) is 4. The van der Waals surface area contributed by atoms with Crippen LogP contribution >= 0.6 is 0 Å². The molecule has 0 bridgehead atoms. The molecule has 0 aromatic heterocycles. The molecule has 7 heteroatoms. The van der Waals surface area contributed by atoms with Crippen LogP contribution in [0.1, 0.15) is 50.5 Å². The molecule has 2 aromatic carbocycles. The molecule has 1 aliphatic rings. The maximum Gasteiger partial charge on any atom is 0.255 e. The first-order valence-electron chi connectivity index (χ1n) is 11.0. The summed E-state index contributed by atoms with van der Waals surface area (Å²) in [4.78, 5) is 12.8. The Morgan fingerprint density at radius 3 is 2.10 bits per heavy atom. The van der Waals surface area contributed by atoms with Crippen LogP contribution in [0.25, 0.3) is 0 Å². The van der Waals surface area contributed by atoms with Gasteiger partial charge in [-0.1, -0.05) is 67.8 Å². The molecule has 6 nitrogen and oxygen atoms in total. The Morgan fingerprint density at radius 2 is 1.45 bits per heavy atom. The summed E-state index contributed by atoms with van der Waals surface area (Å²) in [6.07, 6.45) is 8.11. The van der Waals surface area contributed by atoms with E-state index in [1.54, 1.807) is 30.3 Å². The molecule has 0 radical (unpaired) electrons. The van der Waals surface area contributed by atoms with E-state index in [4.69, 9.17) is 0 Å². The normalized spacial score (nSPS) is 15.2. The second kappa shape index (κ2) is 11.8. The van der Waals surface area contributed by atoms with Crippen molar-refractivity contribution < 1.29 is 13.2 Å². The lowest BCUT2D eigenvalue weighted by Crippen LogP contribution is -2.40. The summed E-state index contributed by atoms with van der Waals surface area (Å²) < 4.78 is 27.6. The predicted molar refractivity (Wildman–Crippen MR) is 123 cm³/mol. The number of hydrazone groups is 1. The zero-order chi connectivity index (χ0) is 21.9. The molecule has 1 saturated carbocycles. The van der Waals surface area contributed by atoms with Gasteiger partial charge in [-0.05, 0) is 49.8 Å². The van der Waals surface area contributed by atoms with Gasteiger partial charge in [0.2, 0.25) is 10.0 Å². The minimum atomic E-state index is -3.80. The molecule has 1 amide bonds. The highest BCUT2D eigenvalue weighted by Gasteiger charge is 2.26. The molecular formula is C24H31N3O3S. The van der Waals surface area contributed by atoms with Gasteiger partial charge in [0.1, 0.15) is 0 Å². The van der Waals surface area contributed by atoms with Crippen molar-refractivity contribution in [2.24, 2.45) is 5.10 Å². The highest BCUT2D eigenvalue weighted by atomic mass is 32.2. The summed E-state index contributed by atoms with van der Waals surface area (Å²) in [5.74, 6) is -0.415. The Kier molecular flexibility index (Phi) is 8.79. The van der Waals surface area contributed by atoms with Crippen LogP contribution in [0.15, 0.2) is 70.7 Å². The SMILES string of the molecule is O=C(CN(CCc1ccccc1)S(=O)(=O)c1ccccc1)NN=C1CCCCCCC1. The molecule has 1 fully saturated rings. The van der Waals surface area contributed by atoms with E-state index in [0.29, 0.717) is 6.42 Å². The van der Waals surface area contributed by atoms with Gasteiger partial charge in [0.25, 0.3) is 5.91 Å². The standard InChI is InChI=1S/C24H31N3O3S/c28-24(26-25-22-14-8-2-1-3-9-15-22)20-27(19-18-21-12-6-4-7-13-21)31(29,30)23-16-10-5-11-17-23/h4-7,10-13,16-17H,1-3,8-9,14-15,18-20H2,(H,26,28). The van der Waals surface area contributed by atoms with Gasteiger partial charge < -0.3 is 0 Å². The Morgan fingerprint density at radius 1 is 0.871 bits per heavy atom. The topological polar surface area (TPSA) is 78.8 Å². The lowest BCUT2D eigenvalue weighted by molar-refractivity contribution is -0.121. The highest BCUT2D eigenvalue weighted by molar-refractivity contribution is 7.89. The summed E-state index contributed by atoms with van der Waals surface area (Å²) in [5.41, 5.74) is 4.61. The van der Waals surface area contributed by atoms with E-state index in [-0.39, 0.29) is 18.0 Å². The van der Waals surface area contributed by atoms with Crippen LogP contribution in [0, 0.1) is 0 Å². The predicted octanol–water partition coefficient (Wildman–Crippen LogP) is 4.14. The van der Waals surface area contributed by atoms with Crippen LogP contribution in [0.4, 0.5) is 0 Å². The van der Waals surface area contributed by atoms with Gasteiger partial charge in [0.15, 0.2) is 0 Å². The van der Waals surface area contributed by atoms with Crippen molar-refractivity contribution in [3.63, 3.8) is 0 Å². The van der Waals surface area contributed by atoms with E-state index in [9.17, 15) is 13.2 Å². The van der Waals surface area contributed by atoms with Crippen molar-refractivity contribution in [1.29, 1.82) is 0 Å². The first kappa shape index (κ1) is 23.2. The number of hydrogen-bond donors (Lipinski definition) is 1. The Balaban J connectivity index is 1.70. The largest absolute Gasteiger partial charge is 0.272 e.